The van der Waals surface area contributed by atoms with E-state index in [4.69, 9.17) is 10.5 Å². The van der Waals surface area contributed by atoms with E-state index in [0.29, 0.717) is 11.3 Å². The highest BCUT2D eigenvalue weighted by molar-refractivity contribution is 9.10. The summed E-state index contributed by atoms with van der Waals surface area (Å²) in [6.45, 7) is 2.14. The first-order valence-electron chi connectivity index (χ1n) is 5.83. The van der Waals surface area contributed by atoms with Crippen LogP contribution in [0.3, 0.4) is 0 Å². The van der Waals surface area contributed by atoms with Crippen molar-refractivity contribution in [2.45, 2.75) is 19.6 Å². The molecule has 0 bridgehead atoms. The number of benzene rings is 1. The first kappa shape index (κ1) is 14.0. The van der Waals surface area contributed by atoms with E-state index in [0.717, 1.165) is 16.2 Å². The van der Waals surface area contributed by atoms with Crippen LogP contribution in [-0.2, 0) is 6.61 Å². The predicted molar refractivity (Wildman–Crippen MR) is 75.3 cm³/mol. The van der Waals surface area contributed by atoms with Crippen LogP contribution < -0.4 is 10.5 Å². The third-order valence-corrected chi connectivity index (χ3v) is 3.11. The zero-order valence-corrected chi connectivity index (χ0v) is 12.0. The number of hydrogen-bond donors (Lipinski definition) is 1. The van der Waals surface area contributed by atoms with Gasteiger partial charge in [0.25, 0.3) is 0 Å². The molecule has 2 N–H and O–H groups in total. The minimum Gasteiger partial charge on any atom is -0.489 e. The van der Waals surface area contributed by atoms with Gasteiger partial charge >= 0.3 is 0 Å². The normalized spacial score (nSPS) is 12.2. The molecule has 0 saturated heterocycles. The van der Waals surface area contributed by atoms with Gasteiger partial charge in [0.05, 0.1) is 6.20 Å². The number of nitrogens with two attached hydrogens (primary N) is 1. The van der Waals surface area contributed by atoms with E-state index in [2.05, 4.69) is 20.9 Å². The van der Waals surface area contributed by atoms with Gasteiger partial charge < -0.3 is 10.5 Å². The van der Waals surface area contributed by atoms with Crippen LogP contribution in [0.15, 0.2) is 41.1 Å². The largest absolute Gasteiger partial charge is 0.489 e. The molecule has 5 heteroatoms. The smallest absolute Gasteiger partial charge is 0.141 e. The van der Waals surface area contributed by atoms with Crippen LogP contribution in [0.1, 0.15) is 24.1 Å². The average molecular weight is 325 g/mol. The Balaban J connectivity index is 2.15. The molecular formula is C14H14BrFN2O. The van der Waals surface area contributed by atoms with Gasteiger partial charge in [0.15, 0.2) is 0 Å². The highest BCUT2D eigenvalue weighted by atomic mass is 79.9. The van der Waals surface area contributed by atoms with Crippen LogP contribution in [0.5, 0.6) is 5.75 Å². The highest BCUT2D eigenvalue weighted by Crippen LogP contribution is 2.28. The minimum atomic E-state index is -0.371. The molecule has 1 aromatic heterocycles. The van der Waals surface area contributed by atoms with Crippen molar-refractivity contribution in [3.05, 3.63) is 58.1 Å². The molecule has 1 heterocycles. The maximum absolute atomic E-state index is 13.0. The molecule has 0 aliphatic carbocycles. The Morgan fingerprint density at radius 3 is 2.84 bits per heavy atom. The van der Waals surface area contributed by atoms with Gasteiger partial charge in [-0.1, -0.05) is 15.9 Å². The summed E-state index contributed by atoms with van der Waals surface area (Å²) in [5, 5.41) is 0. The van der Waals surface area contributed by atoms with Gasteiger partial charge in [-0.05, 0) is 31.2 Å². The Kier molecular flexibility index (Phi) is 4.50. The molecule has 19 heavy (non-hydrogen) atoms. The first-order valence-corrected chi connectivity index (χ1v) is 6.63. The van der Waals surface area contributed by atoms with Crippen LogP contribution >= 0.6 is 15.9 Å². The van der Waals surface area contributed by atoms with Gasteiger partial charge in [0, 0.05) is 27.8 Å². The number of nitrogens with zero attached hydrogens (tertiary/aromatic N) is 1. The number of aromatic nitrogens is 1. The molecule has 1 aromatic carbocycles. The van der Waals surface area contributed by atoms with Crippen LogP contribution in [0.25, 0.3) is 0 Å². The van der Waals surface area contributed by atoms with E-state index < -0.39 is 0 Å². The molecule has 0 aliphatic heterocycles. The molecule has 100 valence electrons. The summed E-state index contributed by atoms with van der Waals surface area (Å²) < 4.78 is 19.6. The van der Waals surface area contributed by atoms with E-state index in [9.17, 15) is 4.39 Å². The van der Waals surface area contributed by atoms with Crippen molar-refractivity contribution in [1.29, 1.82) is 0 Å². The number of pyridine rings is 1. The lowest BCUT2D eigenvalue weighted by atomic mass is 10.1. The molecule has 3 nitrogen and oxygen atoms in total. The number of ether oxygens (including phenoxy) is 1. The molecular weight excluding hydrogens is 311 g/mol. The van der Waals surface area contributed by atoms with E-state index in [1.165, 1.54) is 6.07 Å². The zero-order chi connectivity index (χ0) is 13.8. The van der Waals surface area contributed by atoms with E-state index in [1.807, 2.05) is 25.1 Å². The Labute approximate surface area is 119 Å². The molecule has 0 spiro atoms. The second kappa shape index (κ2) is 6.12. The lowest BCUT2D eigenvalue weighted by molar-refractivity contribution is 0.300. The quantitative estimate of drug-likeness (QED) is 0.935. The van der Waals surface area contributed by atoms with Crippen molar-refractivity contribution in [2.75, 3.05) is 0 Å². The first-order chi connectivity index (χ1) is 9.06. The van der Waals surface area contributed by atoms with Crippen LogP contribution in [0.2, 0.25) is 0 Å². The topological polar surface area (TPSA) is 48.1 Å². The molecule has 0 aliphatic rings. The summed E-state index contributed by atoms with van der Waals surface area (Å²) in [5.41, 5.74) is 7.48. The van der Waals surface area contributed by atoms with Gasteiger partial charge in [-0.25, -0.2) is 4.39 Å². The second-order valence-corrected chi connectivity index (χ2v) is 5.19. The molecule has 0 fully saturated rings. The molecule has 1 unspecified atom stereocenters. The van der Waals surface area contributed by atoms with Gasteiger partial charge in [-0.15, -0.1) is 0 Å². The van der Waals surface area contributed by atoms with Crippen molar-refractivity contribution in [3.63, 3.8) is 0 Å². The van der Waals surface area contributed by atoms with Crippen molar-refractivity contribution in [1.82, 2.24) is 4.98 Å². The summed E-state index contributed by atoms with van der Waals surface area (Å²) in [5.74, 6) is 0.326. The zero-order valence-electron chi connectivity index (χ0n) is 10.4. The van der Waals surface area contributed by atoms with Crippen LogP contribution in [0.4, 0.5) is 4.39 Å². The second-order valence-electron chi connectivity index (χ2n) is 4.27. The van der Waals surface area contributed by atoms with Crippen molar-refractivity contribution in [2.24, 2.45) is 5.73 Å². The fourth-order valence-electron chi connectivity index (χ4n) is 1.70. The maximum atomic E-state index is 13.0. The van der Waals surface area contributed by atoms with Gasteiger partial charge in [0.1, 0.15) is 18.2 Å². The third kappa shape index (κ3) is 3.75. The highest BCUT2D eigenvalue weighted by Gasteiger charge is 2.09. The number of rotatable bonds is 4. The van der Waals surface area contributed by atoms with Crippen molar-refractivity contribution in [3.8, 4) is 5.75 Å². The Hall–Kier alpha value is -1.46. The molecule has 1 atom stereocenters. The molecule has 0 radical (unpaired) electrons. The third-order valence-electron chi connectivity index (χ3n) is 2.62. The van der Waals surface area contributed by atoms with Crippen LogP contribution in [-0.4, -0.2) is 4.98 Å². The average Bonchev–Trinajstić information content (AvgIpc) is 2.37. The predicted octanol–water partition coefficient (Wildman–Crippen LogP) is 3.58. The van der Waals surface area contributed by atoms with Crippen molar-refractivity contribution < 1.29 is 9.13 Å². The van der Waals surface area contributed by atoms with Gasteiger partial charge in [0.2, 0.25) is 0 Å². The summed E-state index contributed by atoms with van der Waals surface area (Å²) in [6, 6.07) is 6.90. The van der Waals surface area contributed by atoms with E-state index in [1.54, 1.807) is 6.20 Å². The lowest BCUT2D eigenvalue weighted by Crippen LogP contribution is -2.08. The van der Waals surface area contributed by atoms with Crippen LogP contribution in [0, 0.1) is 5.82 Å². The molecule has 2 rings (SSSR count). The maximum Gasteiger partial charge on any atom is 0.141 e. The standard InChI is InChI=1S/C14H14BrFN2O/c1-9(17)13-5-11(15)2-3-14(13)19-8-10-4-12(16)7-18-6-10/h2-7,9H,8,17H2,1H3. The monoisotopic (exact) mass is 324 g/mol. The summed E-state index contributed by atoms with van der Waals surface area (Å²) in [6.07, 6.45) is 2.74. The van der Waals surface area contributed by atoms with Crippen molar-refractivity contribution >= 4 is 15.9 Å². The molecule has 0 saturated carbocycles. The minimum absolute atomic E-state index is 0.141. The summed E-state index contributed by atoms with van der Waals surface area (Å²) >= 11 is 3.40. The summed E-state index contributed by atoms with van der Waals surface area (Å²) in [7, 11) is 0. The Morgan fingerprint density at radius 2 is 2.16 bits per heavy atom. The number of halogens is 2. The fourth-order valence-corrected chi connectivity index (χ4v) is 2.08. The van der Waals surface area contributed by atoms with Gasteiger partial charge in [-0.2, -0.15) is 0 Å². The molecule has 2 aromatic rings. The van der Waals surface area contributed by atoms with E-state index >= 15 is 0 Å². The Bertz CT molecular complexity index is 575. The summed E-state index contributed by atoms with van der Waals surface area (Å²) in [4.78, 5) is 3.78. The van der Waals surface area contributed by atoms with Gasteiger partial charge in [-0.3, -0.25) is 4.98 Å². The fraction of sp³-hybridized carbons (Fsp3) is 0.214. The Morgan fingerprint density at radius 1 is 1.37 bits per heavy atom. The molecule has 0 amide bonds. The van der Waals surface area contributed by atoms with E-state index in [-0.39, 0.29) is 18.5 Å². The SMILES string of the molecule is CC(N)c1cc(Br)ccc1OCc1cncc(F)c1. The number of hydrogen-bond acceptors (Lipinski definition) is 3. The lowest BCUT2D eigenvalue weighted by Gasteiger charge is -2.14.